The lowest BCUT2D eigenvalue weighted by Gasteiger charge is -2.53. The summed E-state index contributed by atoms with van der Waals surface area (Å²) in [6, 6.07) is 12.5. The summed E-state index contributed by atoms with van der Waals surface area (Å²) in [5, 5.41) is 13.0. The van der Waals surface area contributed by atoms with Crippen molar-refractivity contribution in [1.82, 2.24) is 54.0 Å². The van der Waals surface area contributed by atoms with Crippen LogP contribution in [0.25, 0.3) is 27.9 Å². The van der Waals surface area contributed by atoms with Crippen molar-refractivity contribution < 1.29 is 31.9 Å². The number of aromatic nitrogens is 6. The zero-order chi connectivity index (χ0) is 49.7. The average molecular weight is 991 g/mol. The number of benzene rings is 2. The highest BCUT2D eigenvalue weighted by Crippen LogP contribution is 2.41. The van der Waals surface area contributed by atoms with Gasteiger partial charge in [-0.2, -0.15) is 0 Å². The van der Waals surface area contributed by atoms with E-state index in [4.69, 9.17) is 10.1 Å². The first-order valence-electron chi connectivity index (χ1n) is 24.7. The van der Waals surface area contributed by atoms with Crippen molar-refractivity contribution in [3.8, 4) is 11.3 Å². The van der Waals surface area contributed by atoms with Gasteiger partial charge in [-0.3, -0.25) is 48.5 Å². The van der Waals surface area contributed by atoms with E-state index in [0.29, 0.717) is 106 Å². The van der Waals surface area contributed by atoms with Gasteiger partial charge in [-0.15, -0.1) is 5.10 Å². The van der Waals surface area contributed by atoms with Gasteiger partial charge in [0.25, 0.3) is 11.8 Å². The van der Waals surface area contributed by atoms with Crippen molar-refractivity contribution in [2.24, 2.45) is 7.05 Å². The Morgan fingerprint density at radius 2 is 1.74 bits per heavy atom. The van der Waals surface area contributed by atoms with E-state index in [1.807, 2.05) is 46.2 Å². The molecule has 5 fully saturated rings. The number of imidazole rings is 2. The molecule has 4 aromatic heterocycles. The van der Waals surface area contributed by atoms with Crippen LogP contribution in [0.5, 0.6) is 0 Å². The van der Waals surface area contributed by atoms with Crippen LogP contribution in [0.4, 0.5) is 40.4 Å². The quantitative estimate of drug-likeness (QED) is 0.126. The number of aryl methyl sites for hydroxylation is 1. The summed E-state index contributed by atoms with van der Waals surface area (Å²) in [4.78, 5) is 70.3. The molecule has 376 valence electrons. The summed E-state index contributed by atoms with van der Waals surface area (Å²) >= 11 is 0. The summed E-state index contributed by atoms with van der Waals surface area (Å²) in [6.45, 7) is 4.32. The molecule has 1 aliphatic carbocycles. The fourth-order valence-electron chi connectivity index (χ4n) is 11.7. The Morgan fingerprint density at radius 3 is 2.46 bits per heavy atom. The summed E-state index contributed by atoms with van der Waals surface area (Å²) in [7, 11) is 3.33. The Labute approximate surface area is 410 Å². The molecule has 0 bridgehead atoms. The topological polar surface area (TPSA) is 174 Å². The minimum atomic E-state index is -2.92. The van der Waals surface area contributed by atoms with Gasteiger partial charge in [0.15, 0.2) is 17.2 Å². The minimum Gasteiger partial charge on any atom is -0.385 e. The number of nitrogens with zero attached hydrogens (tertiary/aromatic N) is 11. The van der Waals surface area contributed by atoms with Gasteiger partial charge in [0.05, 0.1) is 52.9 Å². The van der Waals surface area contributed by atoms with Crippen molar-refractivity contribution in [3.05, 3.63) is 94.0 Å². The zero-order valence-electron chi connectivity index (χ0n) is 39.8. The van der Waals surface area contributed by atoms with Gasteiger partial charge in [-0.05, 0) is 54.7 Å². The van der Waals surface area contributed by atoms with Gasteiger partial charge in [0.1, 0.15) is 18.0 Å². The number of fused-ring (bicyclic) bond motifs is 3. The number of carbonyl (C=O) groups excluding carboxylic acids is 3. The van der Waals surface area contributed by atoms with E-state index in [1.165, 1.54) is 32.0 Å². The maximum absolute atomic E-state index is 16.0. The molecular weight excluding hydrogens is 937 g/mol. The number of likely N-dealkylation sites (tertiary alicyclic amines) is 2. The van der Waals surface area contributed by atoms with E-state index in [0.717, 1.165) is 28.1 Å². The molecule has 72 heavy (non-hydrogen) atoms. The van der Waals surface area contributed by atoms with Crippen LogP contribution in [-0.2, 0) is 29.6 Å². The van der Waals surface area contributed by atoms with Crippen LogP contribution < -0.4 is 31.4 Å². The normalized spacial score (nSPS) is 23.9. The molecule has 4 atom stereocenters. The van der Waals surface area contributed by atoms with Crippen molar-refractivity contribution >= 4 is 57.3 Å². The molecule has 6 aromatic rings. The first-order chi connectivity index (χ1) is 34.7. The molecule has 1 saturated carbocycles. The van der Waals surface area contributed by atoms with Crippen LogP contribution >= 0.6 is 0 Å². The van der Waals surface area contributed by atoms with Crippen molar-refractivity contribution in [1.29, 1.82) is 0 Å². The molecule has 0 radical (unpaired) electrons. The third-order valence-electron chi connectivity index (χ3n) is 15.6. The van der Waals surface area contributed by atoms with Gasteiger partial charge < -0.3 is 20.4 Å². The number of rotatable bonds is 11. The number of alkyl halides is 3. The van der Waals surface area contributed by atoms with Gasteiger partial charge in [0.2, 0.25) is 11.8 Å². The van der Waals surface area contributed by atoms with Crippen LogP contribution in [0, 0.1) is 5.82 Å². The number of halogens is 4. The Balaban J connectivity index is 0.657. The average Bonchev–Trinajstić information content (AvgIpc) is 3.62. The van der Waals surface area contributed by atoms with Crippen LogP contribution in [-0.4, -0.2) is 157 Å². The molecular formula is C50H54F4N14O4. The second-order valence-corrected chi connectivity index (χ2v) is 20.0. The second kappa shape index (κ2) is 17.7. The lowest BCUT2D eigenvalue weighted by Crippen LogP contribution is -2.69. The second-order valence-electron chi connectivity index (χ2n) is 20.0. The number of hydrogen-bond donors (Lipinski definition) is 3. The van der Waals surface area contributed by atoms with Crippen LogP contribution in [0.15, 0.2) is 65.7 Å². The molecule has 12 rings (SSSR count). The largest absolute Gasteiger partial charge is 0.385 e. The summed E-state index contributed by atoms with van der Waals surface area (Å²) < 4.78 is 65.5. The number of imide groups is 1. The van der Waals surface area contributed by atoms with E-state index in [-0.39, 0.29) is 36.8 Å². The van der Waals surface area contributed by atoms with Gasteiger partial charge in [-0.25, -0.2) is 31.9 Å². The molecule has 3 unspecified atom stereocenters. The SMILES string of the molecule is CNc1cc(N2CCc3c(-c4ccc(CN5CCC(N6CC(N7CCN(c8c(F)ccc9c8n(C)c(=O)n9C8CCC(=O)NC8=O)CC7)C6)C(F)(F)C5)cn4)cccc32)nn2c(C(=O)NC3C[C@@H]3F)cnc12. The number of nitrogens with one attached hydrogen (secondary N) is 3. The predicted molar refractivity (Wildman–Crippen MR) is 260 cm³/mol. The highest BCUT2D eigenvalue weighted by Gasteiger charge is 2.51. The van der Waals surface area contributed by atoms with Crippen molar-refractivity contribution in [3.63, 3.8) is 0 Å². The summed E-state index contributed by atoms with van der Waals surface area (Å²) in [6.07, 6.45) is 3.80. The fraction of sp³-hybridized carbons (Fsp3) is 0.460. The highest BCUT2D eigenvalue weighted by molar-refractivity contribution is 6.00. The number of amides is 3. The lowest BCUT2D eigenvalue weighted by atomic mass is 9.93. The Kier molecular flexibility index (Phi) is 11.3. The van der Waals surface area contributed by atoms with E-state index < -0.39 is 59.4 Å². The third kappa shape index (κ3) is 7.93. The molecule has 6 aliphatic rings. The first-order valence-corrected chi connectivity index (χ1v) is 24.7. The monoisotopic (exact) mass is 990 g/mol. The van der Waals surface area contributed by atoms with Crippen molar-refractivity contribution in [2.75, 3.05) is 81.1 Å². The van der Waals surface area contributed by atoms with E-state index in [9.17, 15) is 23.6 Å². The van der Waals surface area contributed by atoms with Gasteiger partial charge >= 0.3 is 5.69 Å². The molecule has 5 aliphatic heterocycles. The Morgan fingerprint density at radius 1 is 0.931 bits per heavy atom. The zero-order valence-corrected chi connectivity index (χ0v) is 39.8. The lowest BCUT2D eigenvalue weighted by molar-refractivity contribution is -0.154. The number of piperazine rings is 1. The number of anilines is 4. The molecule has 3 amide bonds. The molecule has 2 aromatic carbocycles. The fourth-order valence-corrected chi connectivity index (χ4v) is 11.7. The van der Waals surface area contributed by atoms with E-state index >= 15 is 13.2 Å². The minimum absolute atomic E-state index is 0.0979. The molecule has 22 heteroatoms. The van der Waals surface area contributed by atoms with E-state index in [1.54, 1.807) is 25.2 Å². The summed E-state index contributed by atoms with van der Waals surface area (Å²) in [5.41, 5.74) is 6.63. The standard InChI is InChI=1S/C50H54F4N14O4/c1-55-36-21-42(60-68-40(23-57-46(36)68)48(71)58-35-20-33(35)52)66-15-12-31-30(4-3-5-37(31)66)34-8-6-28(22-56-34)24-62-14-13-41(50(53,54)27-62)65-25-29(26-65)63-16-18-64(19-17-63)44-32(51)7-9-38-45(44)61(2)49(72)67(38)39-10-11-43(69)59-47(39)70/h3-9,21-23,29,33,35,39,41,55H,10-20,24-27H2,1-2H3,(H,58,71)(H,59,69,70)/t33-,35?,39?,41?/m0/s1. The molecule has 3 N–H and O–H groups in total. The van der Waals surface area contributed by atoms with Gasteiger partial charge in [-0.1, -0.05) is 18.2 Å². The number of carbonyl (C=O) groups is 3. The third-order valence-corrected chi connectivity index (χ3v) is 15.6. The number of hydrogen-bond acceptors (Lipinski definition) is 13. The van der Waals surface area contributed by atoms with Crippen LogP contribution in [0.3, 0.4) is 0 Å². The smallest absolute Gasteiger partial charge is 0.329 e. The van der Waals surface area contributed by atoms with Crippen LogP contribution in [0.2, 0.25) is 0 Å². The number of pyridine rings is 1. The molecule has 18 nitrogen and oxygen atoms in total. The Hall–Kier alpha value is -6.91. The highest BCUT2D eigenvalue weighted by atomic mass is 19.3. The maximum Gasteiger partial charge on any atom is 0.329 e. The molecule has 0 spiro atoms. The maximum atomic E-state index is 16.0. The molecule has 4 saturated heterocycles. The van der Waals surface area contributed by atoms with Gasteiger partial charge in [0, 0.05) is 115 Å². The molecule has 9 heterocycles. The predicted octanol–water partition coefficient (Wildman–Crippen LogP) is 3.85. The van der Waals surface area contributed by atoms with Crippen molar-refractivity contribution in [2.45, 2.75) is 74.9 Å². The number of piperidine rings is 2. The summed E-state index contributed by atoms with van der Waals surface area (Å²) in [5.74, 6) is -4.17. The van der Waals surface area contributed by atoms with Crippen LogP contribution in [0.1, 0.15) is 53.3 Å². The Bertz CT molecular complexity index is 3220. The van der Waals surface area contributed by atoms with E-state index in [2.05, 4.69) is 30.7 Å². The first kappa shape index (κ1) is 46.2.